The molecule has 7 nitrogen and oxygen atoms in total. The molecule has 0 spiro atoms. The highest BCUT2D eigenvalue weighted by Gasteiger charge is 2.35. The number of anilines is 1. The van der Waals surface area contributed by atoms with Crippen LogP contribution in [0.1, 0.15) is 36.0 Å². The second-order valence-electron chi connectivity index (χ2n) is 8.75. The molecule has 2 heterocycles. The molecule has 32 heavy (non-hydrogen) atoms. The van der Waals surface area contributed by atoms with Crippen LogP contribution in [0.2, 0.25) is 0 Å². The second-order valence-corrected chi connectivity index (χ2v) is 10.7. The van der Waals surface area contributed by atoms with E-state index in [1.807, 2.05) is 25.1 Å². The monoisotopic (exact) mass is 457 g/mol. The minimum Gasteiger partial charge on any atom is -0.476 e. The molecule has 0 bridgehead atoms. The first-order valence-electron chi connectivity index (χ1n) is 11.1. The van der Waals surface area contributed by atoms with E-state index in [9.17, 15) is 13.2 Å². The third-order valence-corrected chi connectivity index (χ3v) is 7.14. The number of carbonyl (C=O) groups is 1. The number of benzene rings is 2. The number of nitrogens with one attached hydrogen (secondary N) is 1. The molecule has 1 fully saturated rings. The smallest absolute Gasteiger partial charge is 0.263 e. The van der Waals surface area contributed by atoms with E-state index >= 15 is 0 Å². The molecule has 0 aliphatic carbocycles. The summed E-state index contributed by atoms with van der Waals surface area (Å²) in [5, 5.41) is 2.91. The Hall–Kier alpha value is -2.58. The summed E-state index contributed by atoms with van der Waals surface area (Å²) in [5.41, 5.74) is 3.65. The Labute approximate surface area is 190 Å². The summed E-state index contributed by atoms with van der Waals surface area (Å²) < 4.78 is 31.8. The van der Waals surface area contributed by atoms with Crippen LogP contribution < -0.4 is 14.4 Å². The summed E-state index contributed by atoms with van der Waals surface area (Å²) in [7, 11) is -3.54. The fourth-order valence-corrected chi connectivity index (χ4v) is 5.23. The summed E-state index contributed by atoms with van der Waals surface area (Å²) in [6.45, 7) is 5.41. The lowest BCUT2D eigenvalue weighted by molar-refractivity contribution is -0.127. The van der Waals surface area contributed by atoms with Crippen LogP contribution in [-0.4, -0.2) is 51.2 Å². The zero-order valence-electron chi connectivity index (χ0n) is 18.7. The highest BCUT2D eigenvalue weighted by Crippen LogP contribution is 2.35. The van der Waals surface area contributed by atoms with Crippen molar-refractivity contribution >= 4 is 21.6 Å². The van der Waals surface area contributed by atoms with Crippen molar-refractivity contribution in [1.82, 2.24) is 10.2 Å². The van der Waals surface area contributed by atoms with Crippen molar-refractivity contribution in [2.45, 2.75) is 45.4 Å². The molecule has 2 aliphatic heterocycles. The van der Waals surface area contributed by atoms with Crippen molar-refractivity contribution in [2.75, 3.05) is 30.2 Å². The Balaban J connectivity index is 1.41. The topological polar surface area (TPSA) is 79.0 Å². The maximum Gasteiger partial charge on any atom is 0.263 e. The van der Waals surface area contributed by atoms with Crippen molar-refractivity contribution in [1.29, 1.82) is 0 Å². The molecule has 0 aromatic heterocycles. The number of carbonyl (C=O) groups excluding carboxylic acids is 1. The highest BCUT2D eigenvalue weighted by atomic mass is 32.2. The normalized spacial score (nSPS) is 19.2. The summed E-state index contributed by atoms with van der Waals surface area (Å²) in [6, 6.07) is 13.6. The predicted octanol–water partition coefficient (Wildman–Crippen LogP) is 2.82. The van der Waals surface area contributed by atoms with Gasteiger partial charge in [-0.1, -0.05) is 36.8 Å². The third-order valence-electron chi connectivity index (χ3n) is 5.99. The SMILES string of the molecule is Cc1ccc2c(c1)N(S(C)(=O)=O)C[C@@H](C(=O)NCc1cccc(CN3CCCCC3)c1)O2. The number of likely N-dealkylation sites (tertiary alicyclic amines) is 1. The van der Waals surface area contributed by atoms with Crippen molar-refractivity contribution < 1.29 is 17.9 Å². The van der Waals surface area contributed by atoms with Gasteiger partial charge in [0.15, 0.2) is 6.10 Å². The zero-order chi connectivity index (χ0) is 22.7. The zero-order valence-corrected chi connectivity index (χ0v) is 19.5. The van der Waals surface area contributed by atoms with Crippen molar-refractivity contribution in [3.8, 4) is 5.75 Å². The van der Waals surface area contributed by atoms with Crippen LogP contribution in [0.4, 0.5) is 5.69 Å². The third kappa shape index (κ3) is 5.42. The van der Waals surface area contributed by atoms with E-state index in [0.29, 0.717) is 18.0 Å². The van der Waals surface area contributed by atoms with Gasteiger partial charge in [-0.05, 0) is 61.7 Å². The van der Waals surface area contributed by atoms with Gasteiger partial charge in [0, 0.05) is 13.1 Å². The van der Waals surface area contributed by atoms with Crippen molar-refractivity contribution in [3.63, 3.8) is 0 Å². The van der Waals surface area contributed by atoms with Crippen LogP contribution in [0, 0.1) is 6.92 Å². The number of fused-ring (bicyclic) bond motifs is 1. The molecule has 1 amide bonds. The van der Waals surface area contributed by atoms with Gasteiger partial charge >= 0.3 is 0 Å². The van der Waals surface area contributed by atoms with Crippen LogP contribution in [-0.2, 0) is 27.9 Å². The van der Waals surface area contributed by atoms with Gasteiger partial charge in [0.1, 0.15) is 5.75 Å². The molecular weight excluding hydrogens is 426 g/mol. The number of ether oxygens (including phenoxy) is 1. The molecule has 1 atom stereocenters. The first-order valence-corrected chi connectivity index (χ1v) is 13.0. The van der Waals surface area contributed by atoms with Gasteiger partial charge in [-0.25, -0.2) is 8.42 Å². The summed E-state index contributed by atoms with van der Waals surface area (Å²) in [6.07, 6.45) is 4.06. The van der Waals surface area contributed by atoms with E-state index in [4.69, 9.17) is 4.74 Å². The van der Waals surface area contributed by atoms with E-state index in [2.05, 4.69) is 22.3 Å². The lowest BCUT2D eigenvalue weighted by atomic mass is 10.1. The average molecular weight is 458 g/mol. The quantitative estimate of drug-likeness (QED) is 0.722. The van der Waals surface area contributed by atoms with E-state index in [-0.39, 0.29) is 12.5 Å². The minimum atomic E-state index is -3.54. The molecular formula is C24H31N3O4S. The Kier molecular flexibility index (Phi) is 6.71. The first-order chi connectivity index (χ1) is 15.3. The van der Waals surface area contributed by atoms with Gasteiger partial charge in [0.2, 0.25) is 10.0 Å². The van der Waals surface area contributed by atoms with Crippen molar-refractivity contribution in [2.24, 2.45) is 0 Å². The average Bonchev–Trinajstić information content (AvgIpc) is 2.77. The molecule has 172 valence electrons. The Morgan fingerprint density at radius 3 is 2.59 bits per heavy atom. The van der Waals surface area contributed by atoms with E-state index in [1.165, 1.54) is 29.1 Å². The second kappa shape index (κ2) is 9.50. The van der Waals surface area contributed by atoms with Crippen LogP contribution in [0.5, 0.6) is 5.75 Å². The van der Waals surface area contributed by atoms with Crippen molar-refractivity contribution in [3.05, 3.63) is 59.2 Å². The molecule has 0 unspecified atom stereocenters. The number of nitrogens with zero attached hydrogens (tertiary/aromatic N) is 2. The van der Waals surface area contributed by atoms with Gasteiger partial charge in [-0.15, -0.1) is 0 Å². The summed E-state index contributed by atoms with van der Waals surface area (Å²) >= 11 is 0. The molecule has 0 radical (unpaired) electrons. The Morgan fingerprint density at radius 2 is 1.84 bits per heavy atom. The minimum absolute atomic E-state index is 0.0455. The van der Waals surface area contributed by atoms with Gasteiger partial charge in [-0.2, -0.15) is 0 Å². The maximum atomic E-state index is 12.9. The lowest BCUT2D eigenvalue weighted by Crippen LogP contribution is -2.50. The number of hydrogen-bond acceptors (Lipinski definition) is 5. The first kappa shape index (κ1) is 22.6. The predicted molar refractivity (Wildman–Crippen MR) is 125 cm³/mol. The number of rotatable bonds is 6. The lowest BCUT2D eigenvalue weighted by Gasteiger charge is -2.34. The number of aryl methyl sites for hydroxylation is 1. The molecule has 2 aliphatic rings. The van der Waals surface area contributed by atoms with Crippen LogP contribution in [0.15, 0.2) is 42.5 Å². The highest BCUT2D eigenvalue weighted by molar-refractivity contribution is 7.92. The summed E-state index contributed by atoms with van der Waals surface area (Å²) in [4.78, 5) is 15.3. The fraction of sp³-hybridized carbons (Fsp3) is 0.458. The molecule has 8 heteroatoms. The van der Waals surface area contributed by atoms with Crippen LogP contribution >= 0.6 is 0 Å². The van der Waals surface area contributed by atoms with Gasteiger partial charge in [0.25, 0.3) is 5.91 Å². The standard InChI is InChI=1S/C24H31N3O4S/c1-18-9-10-22-21(13-18)27(32(2,29)30)17-23(31-22)24(28)25-15-19-7-6-8-20(14-19)16-26-11-4-3-5-12-26/h6-10,13-14,23H,3-5,11-12,15-17H2,1-2H3,(H,25,28)/t23-/m0/s1. The molecule has 2 aromatic rings. The fourth-order valence-electron chi connectivity index (χ4n) is 4.33. The largest absolute Gasteiger partial charge is 0.476 e. The van der Waals surface area contributed by atoms with Gasteiger partial charge < -0.3 is 10.1 Å². The van der Waals surface area contributed by atoms with Gasteiger partial charge in [-0.3, -0.25) is 14.0 Å². The van der Waals surface area contributed by atoms with E-state index in [1.54, 1.807) is 12.1 Å². The molecule has 2 aromatic carbocycles. The molecule has 1 N–H and O–H groups in total. The molecule has 0 saturated carbocycles. The summed E-state index contributed by atoms with van der Waals surface area (Å²) in [5.74, 6) is 0.0715. The Bertz CT molecular complexity index is 1080. The van der Waals surface area contributed by atoms with E-state index < -0.39 is 16.1 Å². The molecule has 1 saturated heterocycles. The van der Waals surface area contributed by atoms with E-state index in [0.717, 1.165) is 37.0 Å². The van der Waals surface area contributed by atoms with Gasteiger partial charge in [0.05, 0.1) is 18.5 Å². The number of amides is 1. The Morgan fingerprint density at radius 1 is 1.09 bits per heavy atom. The maximum absolute atomic E-state index is 12.9. The number of hydrogen-bond donors (Lipinski definition) is 1. The van der Waals surface area contributed by atoms with Crippen LogP contribution in [0.3, 0.4) is 0 Å². The molecule has 4 rings (SSSR count). The number of piperidine rings is 1. The number of sulfonamides is 1. The van der Waals surface area contributed by atoms with Crippen LogP contribution in [0.25, 0.3) is 0 Å².